The highest BCUT2D eigenvalue weighted by Crippen LogP contribution is 2.25. The highest BCUT2D eigenvalue weighted by Gasteiger charge is 2.07. The second-order valence-corrected chi connectivity index (χ2v) is 3.40. The van der Waals surface area contributed by atoms with Crippen molar-refractivity contribution < 1.29 is 9.53 Å². The maximum atomic E-state index is 10.9. The third-order valence-corrected chi connectivity index (χ3v) is 2.27. The second-order valence-electron chi connectivity index (χ2n) is 3.00. The van der Waals surface area contributed by atoms with Crippen LogP contribution >= 0.6 is 11.6 Å². The fraction of sp³-hybridized carbons (Fsp3) is 0.273. The molecule has 0 aliphatic heterocycles. The number of hydrogen-bond donors (Lipinski definition) is 1. The van der Waals surface area contributed by atoms with E-state index in [-0.39, 0.29) is 18.9 Å². The van der Waals surface area contributed by atoms with Gasteiger partial charge in [-0.25, -0.2) is 0 Å². The summed E-state index contributed by atoms with van der Waals surface area (Å²) in [6, 6.07) is 6.92. The Morgan fingerprint density at radius 3 is 3.00 bits per heavy atom. The van der Waals surface area contributed by atoms with Crippen molar-refractivity contribution in [2.24, 2.45) is 0 Å². The summed E-state index contributed by atoms with van der Waals surface area (Å²) in [5, 5.41) is 11.7. The Labute approximate surface area is 98.8 Å². The minimum Gasteiger partial charge on any atom is -0.492 e. The molecule has 1 N–H and O–H groups in total. The number of hydrogen-bond acceptors (Lipinski definition) is 3. The fourth-order valence-electron chi connectivity index (χ4n) is 1.11. The standard InChI is InChI=1S/C11H11ClN2O2/c1-14-11(15)5-6-16-10-4-2-3-9(12)8(10)7-13/h2-4H,5-6H2,1H3,(H,14,15). The summed E-state index contributed by atoms with van der Waals surface area (Å²) < 4.78 is 5.31. The molecular formula is C11H11ClN2O2. The highest BCUT2D eigenvalue weighted by atomic mass is 35.5. The number of nitrogens with one attached hydrogen (secondary N) is 1. The average molecular weight is 239 g/mol. The predicted molar refractivity (Wildman–Crippen MR) is 60.3 cm³/mol. The fourth-order valence-corrected chi connectivity index (χ4v) is 1.32. The molecule has 0 heterocycles. The van der Waals surface area contributed by atoms with Crippen LogP contribution < -0.4 is 10.1 Å². The van der Waals surface area contributed by atoms with Crippen molar-refractivity contribution in [3.8, 4) is 11.8 Å². The molecule has 0 radical (unpaired) electrons. The van der Waals surface area contributed by atoms with Crippen molar-refractivity contribution in [2.45, 2.75) is 6.42 Å². The number of carbonyl (C=O) groups excluding carboxylic acids is 1. The van der Waals surface area contributed by atoms with Gasteiger partial charge in [0.05, 0.1) is 18.1 Å². The zero-order valence-corrected chi connectivity index (χ0v) is 9.54. The minimum atomic E-state index is -0.111. The molecule has 0 saturated heterocycles. The van der Waals surface area contributed by atoms with Crippen LogP contribution in [0.25, 0.3) is 0 Å². The summed E-state index contributed by atoms with van der Waals surface area (Å²) in [6.45, 7) is 0.217. The Hall–Kier alpha value is -1.73. The Morgan fingerprint density at radius 1 is 1.62 bits per heavy atom. The third-order valence-electron chi connectivity index (χ3n) is 1.95. The molecule has 1 amide bonds. The number of nitrogens with zero attached hydrogens (tertiary/aromatic N) is 1. The molecule has 4 nitrogen and oxygen atoms in total. The monoisotopic (exact) mass is 238 g/mol. The van der Waals surface area contributed by atoms with Crippen LogP contribution in [0.15, 0.2) is 18.2 Å². The summed E-state index contributed by atoms with van der Waals surface area (Å²) >= 11 is 5.82. The summed E-state index contributed by atoms with van der Waals surface area (Å²) in [5.41, 5.74) is 0.293. The number of nitriles is 1. The van der Waals surface area contributed by atoms with Crippen molar-refractivity contribution in [1.82, 2.24) is 5.32 Å². The van der Waals surface area contributed by atoms with Crippen LogP contribution in [0.4, 0.5) is 0 Å². The molecule has 1 rings (SSSR count). The highest BCUT2D eigenvalue weighted by molar-refractivity contribution is 6.31. The van der Waals surface area contributed by atoms with Gasteiger partial charge in [0.15, 0.2) is 0 Å². The zero-order chi connectivity index (χ0) is 12.0. The smallest absolute Gasteiger partial charge is 0.223 e. The van der Waals surface area contributed by atoms with Crippen LogP contribution in [-0.2, 0) is 4.79 Å². The van der Waals surface area contributed by atoms with Gasteiger partial charge in [-0.1, -0.05) is 17.7 Å². The first-order valence-electron chi connectivity index (χ1n) is 4.71. The molecule has 1 aromatic carbocycles. The van der Waals surface area contributed by atoms with Crippen LogP contribution in [0.2, 0.25) is 5.02 Å². The maximum absolute atomic E-state index is 10.9. The van der Waals surface area contributed by atoms with Crippen molar-refractivity contribution in [3.05, 3.63) is 28.8 Å². The van der Waals surface area contributed by atoms with E-state index in [9.17, 15) is 4.79 Å². The summed E-state index contributed by atoms with van der Waals surface area (Å²) in [5.74, 6) is 0.291. The molecule has 0 aromatic heterocycles. The molecule has 16 heavy (non-hydrogen) atoms. The van der Waals surface area contributed by atoms with Gasteiger partial charge in [0.2, 0.25) is 5.91 Å². The molecule has 0 fully saturated rings. The SMILES string of the molecule is CNC(=O)CCOc1cccc(Cl)c1C#N. The molecule has 84 valence electrons. The zero-order valence-electron chi connectivity index (χ0n) is 8.79. The molecule has 0 atom stereocenters. The average Bonchev–Trinajstić information content (AvgIpc) is 2.29. The summed E-state index contributed by atoms with van der Waals surface area (Å²) in [7, 11) is 1.56. The van der Waals surface area contributed by atoms with E-state index in [1.165, 1.54) is 0 Å². The van der Waals surface area contributed by atoms with Gasteiger partial charge in [-0.3, -0.25) is 4.79 Å². The lowest BCUT2D eigenvalue weighted by atomic mass is 10.2. The summed E-state index contributed by atoms with van der Waals surface area (Å²) in [6.07, 6.45) is 0.244. The van der Waals surface area contributed by atoms with Gasteiger partial charge in [0, 0.05) is 7.05 Å². The normalized spacial score (nSPS) is 9.31. The Bertz CT molecular complexity index is 426. The third kappa shape index (κ3) is 3.14. The first kappa shape index (κ1) is 12.3. The van der Waals surface area contributed by atoms with Gasteiger partial charge in [-0.05, 0) is 12.1 Å². The van der Waals surface area contributed by atoms with E-state index < -0.39 is 0 Å². The van der Waals surface area contributed by atoms with Crippen LogP contribution in [0, 0.1) is 11.3 Å². The van der Waals surface area contributed by atoms with Gasteiger partial charge in [-0.2, -0.15) is 5.26 Å². The van der Waals surface area contributed by atoms with E-state index in [1.54, 1.807) is 25.2 Å². The predicted octanol–water partition coefficient (Wildman–Crippen LogP) is 1.73. The Morgan fingerprint density at radius 2 is 2.38 bits per heavy atom. The lowest BCUT2D eigenvalue weighted by Gasteiger charge is -2.07. The molecule has 0 spiro atoms. The van der Waals surface area contributed by atoms with Crippen molar-refractivity contribution in [1.29, 1.82) is 5.26 Å². The molecule has 1 aromatic rings. The molecule has 0 aliphatic carbocycles. The lowest BCUT2D eigenvalue weighted by molar-refractivity contribution is -0.121. The molecule has 0 bridgehead atoms. The van der Waals surface area contributed by atoms with Crippen LogP contribution in [0.1, 0.15) is 12.0 Å². The van der Waals surface area contributed by atoms with Gasteiger partial charge in [0.25, 0.3) is 0 Å². The minimum absolute atomic E-state index is 0.111. The number of ether oxygens (including phenoxy) is 1. The van der Waals surface area contributed by atoms with Crippen LogP contribution in [0.5, 0.6) is 5.75 Å². The molecular weight excluding hydrogens is 228 g/mol. The summed E-state index contributed by atoms with van der Waals surface area (Å²) in [4.78, 5) is 10.9. The quantitative estimate of drug-likeness (QED) is 0.869. The number of rotatable bonds is 4. The number of benzene rings is 1. The lowest BCUT2D eigenvalue weighted by Crippen LogP contribution is -2.20. The number of halogens is 1. The van der Waals surface area contributed by atoms with Gasteiger partial charge >= 0.3 is 0 Å². The van der Waals surface area contributed by atoms with Gasteiger partial charge < -0.3 is 10.1 Å². The Kier molecular flexibility index (Phi) is 4.62. The van der Waals surface area contributed by atoms with Gasteiger partial charge in [-0.15, -0.1) is 0 Å². The largest absolute Gasteiger partial charge is 0.492 e. The topological polar surface area (TPSA) is 62.1 Å². The van der Waals surface area contributed by atoms with Crippen molar-refractivity contribution in [2.75, 3.05) is 13.7 Å². The number of amides is 1. The van der Waals surface area contributed by atoms with E-state index in [0.29, 0.717) is 16.3 Å². The first-order valence-corrected chi connectivity index (χ1v) is 5.09. The van der Waals surface area contributed by atoms with Crippen molar-refractivity contribution in [3.63, 3.8) is 0 Å². The second kappa shape index (κ2) is 5.99. The van der Waals surface area contributed by atoms with E-state index in [2.05, 4.69) is 5.32 Å². The van der Waals surface area contributed by atoms with Crippen LogP contribution in [0.3, 0.4) is 0 Å². The maximum Gasteiger partial charge on any atom is 0.223 e. The van der Waals surface area contributed by atoms with E-state index in [0.717, 1.165) is 0 Å². The van der Waals surface area contributed by atoms with E-state index in [4.69, 9.17) is 21.6 Å². The van der Waals surface area contributed by atoms with E-state index in [1.807, 2.05) is 6.07 Å². The van der Waals surface area contributed by atoms with Crippen molar-refractivity contribution >= 4 is 17.5 Å². The Balaban J connectivity index is 2.64. The first-order chi connectivity index (χ1) is 7.69. The number of carbonyl (C=O) groups is 1. The van der Waals surface area contributed by atoms with Crippen LogP contribution in [-0.4, -0.2) is 19.6 Å². The molecule has 0 saturated carbocycles. The van der Waals surface area contributed by atoms with Gasteiger partial charge in [0.1, 0.15) is 17.4 Å². The molecule has 5 heteroatoms. The molecule has 0 unspecified atom stereocenters. The van der Waals surface area contributed by atoms with E-state index >= 15 is 0 Å². The molecule has 0 aliphatic rings.